The third-order valence-electron chi connectivity index (χ3n) is 7.51. The lowest BCUT2D eigenvalue weighted by Crippen LogP contribution is -2.43. The van der Waals surface area contributed by atoms with Gasteiger partial charge in [-0.2, -0.15) is 18.3 Å². The maximum atomic E-state index is 12.9. The fourth-order valence-corrected chi connectivity index (χ4v) is 5.87. The van der Waals surface area contributed by atoms with Crippen LogP contribution in [0.5, 0.6) is 0 Å². The monoisotopic (exact) mass is 699 g/mol. The minimum Gasteiger partial charge on any atom is -0.383 e. The molecule has 0 aliphatic carbocycles. The lowest BCUT2D eigenvalue weighted by molar-refractivity contribution is -0.0884. The summed E-state index contributed by atoms with van der Waals surface area (Å²) in [5.41, 5.74) is 8.20. The summed E-state index contributed by atoms with van der Waals surface area (Å²) in [4.78, 5) is 22.9. The van der Waals surface area contributed by atoms with Crippen LogP contribution in [0.1, 0.15) is 55.1 Å². The summed E-state index contributed by atoms with van der Waals surface area (Å²) in [7, 11) is 0. The number of Topliss-reactive ketones (excluding diaryl/α,β-unsaturated/α-hetero) is 1. The molecule has 1 saturated heterocycles. The van der Waals surface area contributed by atoms with Gasteiger partial charge in [0.1, 0.15) is 17.2 Å². The summed E-state index contributed by atoms with van der Waals surface area (Å²) in [6, 6.07) is 9.58. The largest absolute Gasteiger partial charge is 0.455 e. The zero-order valence-corrected chi connectivity index (χ0v) is 27.4. The van der Waals surface area contributed by atoms with Gasteiger partial charge in [0.2, 0.25) is 0 Å². The van der Waals surface area contributed by atoms with Crippen LogP contribution in [0.2, 0.25) is 10.0 Å². The topological polar surface area (TPSA) is 111 Å². The Bertz CT molecular complexity index is 1670. The molecule has 4 heterocycles. The van der Waals surface area contributed by atoms with E-state index in [1.54, 1.807) is 12.1 Å². The molecular formula is C31H35Cl3F3N7O2. The van der Waals surface area contributed by atoms with Crippen molar-refractivity contribution in [1.82, 2.24) is 19.6 Å². The van der Waals surface area contributed by atoms with Gasteiger partial charge in [-0.3, -0.25) is 4.79 Å². The number of carbonyl (C=O) groups is 1. The molecule has 0 spiro atoms. The molecule has 3 N–H and O–H groups in total. The summed E-state index contributed by atoms with van der Waals surface area (Å²) in [5.74, 6) is -1.49. The van der Waals surface area contributed by atoms with Crippen LogP contribution in [0.15, 0.2) is 42.6 Å². The van der Waals surface area contributed by atoms with E-state index >= 15 is 0 Å². The number of aryl methyl sites for hydroxylation is 1. The van der Waals surface area contributed by atoms with E-state index in [2.05, 4.69) is 28.2 Å². The van der Waals surface area contributed by atoms with E-state index in [1.165, 1.54) is 6.07 Å². The van der Waals surface area contributed by atoms with Crippen LogP contribution in [-0.4, -0.2) is 63.9 Å². The van der Waals surface area contributed by atoms with Crippen LogP contribution >= 0.6 is 35.6 Å². The summed E-state index contributed by atoms with van der Waals surface area (Å²) < 4.78 is 46.2. The number of fused-ring (bicyclic) bond motifs is 1. The average Bonchev–Trinajstić information content (AvgIpc) is 3.41. The van der Waals surface area contributed by atoms with Gasteiger partial charge in [-0.05, 0) is 74.9 Å². The number of nitrogens with one attached hydrogen (secondary N) is 1. The molecule has 248 valence electrons. The number of nitrogens with two attached hydrogens (primary N) is 1. The molecule has 1 atom stereocenters. The molecule has 1 aromatic carbocycles. The Morgan fingerprint density at radius 2 is 1.93 bits per heavy atom. The Kier molecular flexibility index (Phi) is 12.0. The Morgan fingerprint density at radius 3 is 2.65 bits per heavy atom. The number of aromatic nitrogens is 4. The molecule has 5 rings (SSSR count). The van der Waals surface area contributed by atoms with Crippen molar-refractivity contribution in [3.05, 3.63) is 63.9 Å². The summed E-state index contributed by atoms with van der Waals surface area (Å²) in [5, 5.41) is 9.12. The van der Waals surface area contributed by atoms with E-state index in [0.717, 1.165) is 81.4 Å². The van der Waals surface area contributed by atoms with Gasteiger partial charge in [-0.25, -0.2) is 14.5 Å². The molecule has 4 aromatic rings. The third-order valence-corrected chi connectivity index (χ3v) is 8.06. The quantitative estimate of drug-likeness (QED) is 0.114. The number of benzene rings is 1. The maximum absolute atomic E-state index is 12.9. The normalized spacial score (nSPS) is 15.2. The molecule has 0 radical (unpaired) electrons. The van der Waals surface area contributed by atoms with Crippen LogP contribution in [0.3, 0.4) is 0 Å². The van der Waals surface area contributed by atoms with Gasteiger partial charge < -0.3 is 20.7 Å². The number of ether oxygens (including phenoxy) is 1. The Balaban J connectivity index is 0.00000480. The SMILES string of the molecule is CCCOCCCCc1cc2c(N3CCCC(Nc4ccc(C(=O)C(F)(F)F)c(N)n4)C3)nc(-c3ccc(Cl)cc3Cl)cn2n1.Cl. The number of nitrogen functional groups attached to an aromatic ring is 1. The van der Waals surface area contributed by atoms with Gasteiger partial charge >= 0.3 is 6.18 Å². The Hall–Kier alpha value is -3.32. The summed E-state index contributed by atoms with van der Waals surface area (Å²) in [6.45, 7) is 4.82. The maximum Gasteiger partial charge on any atom is 0.455 e. The highest BCUT2D eigenvalue weighted by Gasteiger charge is 2.40. The number of hydrogen-bond acceptors (Lipinski definition) is 8. The van der Waals surface area contributed by atoms with Crippen molar-refractivity contribution in [2.24, 2.45) is 0 Å². The van der Waals surface area contributed by atoms with E-state index in [-0.39, 0.29) is 24.3 Å². The van der Waals surface area contributed by atoms with E-state index < -0.39 is 23.3 Å². The van der Waals surface area contributed by atoms with Crippen molar-refractivity contribution in [3.8, 4) is 11.3 Å². The molecule has 1 aliphatic heterocycles. The van der Waals surface area contributed by atoms with Crippen molar-refractivity contribution in [2.45, 2.75) is 57.7 Å². The second-order valence-corrected chi connectivity index (χ2v) is 11.8. The van der Waals surface area contributed by atoms with E-state index in [1.807, 2.05) is 16.8 Å². The first-order valence-corrected chi connectivity index (χ1v) is 15.6. The standard InChI is InChI=1S/C31H34Cl2F3N7O2.ClH/c1-2-13-45-14-4-3-6-20-16-26-30(39-25(18-43(26)41-20)22-9-8-19(32)15-24(22)33)42-12-5-7-21(17-42)38-27-11-10-23(29(37)40-27)28(44)31(34,35)36;/h8-11,15-16,18,21H,2-7,12-14,17H2,1H3,(H3,37,38,40);1H. The lowest BCUT2D eigenvalue weighted by Gasteiger charge is -2.34. The van der Waals surface area contributed by atoms with Crippen molar-refractivity contribution in [2.75, 3.05) is 42.3 Å². The molecule has 46 heavy (non-hydrogen) atoms. The number of carbonyl (C=O) groups excluding carboxylic acids is 1. The predicted molar refractivity (Wildman–Crippen MR) is 178 cm³/mol. The highest BCUT2D eigenvalue weighted by molar-refractivity contribution is 6.36. The van der Waals surface area contributed by atoms with E-state index in [9.17, 15) is 18.0 Å². The first-order chi connectivity index (χ1) is 21.5. The van der Waals surface area contributed by atoms with Crippen LogP contribution in [0, 0.1) is 0 Å². The predicted octanol–water partition coefficient (Wildman–Crippen LogP) is 7.68. The van der Waals surface area contributed by atoms with Crippen molar-refractivity contribution >= 4 is 64.4 Å². The number of hydrogen-bond donors (Lipinski definition) is 2. The molecule has 0 saturated carbocycles. The van der Waals surface area contributed by atoms with E-state index in [4.69, 9.17) is 43.8 Å². The number of alkyl halides is 3. The molecule has 15 heteroatoms. The number of nitrogens with zero attached hydrogens (tertiary/aromatic N) is 5. The number of pyridine rings is 1. The van der Waals surface area contributed by atoms with Gasteiger partial charge in [0.05, 0.1) is 28.2 Å². The fourth-order valence-electron chi connectivity index (χ4n) is 5.36. The number of anilines is 3. The first-order valence-electron chi connectivity index (χ1n) is 14.9. The van der Waals surface area contributed by atoms with Crippen LogP contribution in [-0.2, 0) is 11.2 Å². The summed E-state index contributed by atoms with van der Waals surface area (Å²) >= 11 is 12.7. The minimum absolute atomic E-state index is 0. The summed E-state index contributed by atoms with van der Waals surface area (Å²) in [6.07, 6.45) is 2.08. The molecule has 0 bridgehead atoms. The molecule has 3 aromatic heterocycles. The highest BCUT2D eigenvalue weighted by atomic mass is 35.5. The van der Waals surface area contributed by atoms with Gasteiger partial charge in [-0.15, -0.1) is 12.4 Å². The van der Waals surface area contributed by atoms with Crippen LogP contribution in [0.25, 0.3) is 16.8 Å². The highest BCUT2D eigenvalue weighted by Crippen LogP contribution is 2.33. The van der Waals surface area contributed by atoms with Gasteiger partial charge in [-0.1, -0.05) is 30.1 Å². The smallest absolute Gasteiger partial charge is 0.383 e. The molecule has 1 aliphatic rings. The zero-order chi connectivity index (χ0) is 32.1. The number of unbranched alkanes of at least 4 members (excludes halogenated alkanes) is 1. The van der Waals surface area contributed by atoms with Gasteiger partial charge in [0.15, 0.2) is 5.82 Å². The lowest BCUT2D eigenvalue weighted by atomic mass is 10.1. The molecule has 0 amide bonds. The van der Waals surface area contributed by atoms with Crippen molar-refractivity contribution < 1.29 is 22.7 Å². The van der Waals surface area contributed by atoms with Crippen LogP contribution < -0.4 is 16.0 Å². The zero-order valence-electron chi connectivity index (χ0n) is 25.1. The van der Waals surface area contributed by atoms with E-state index in [0.29, 0.717) is 27.8 Å². The van der Waals surface area contributed by atoms with Crippen molar-refractivity contribution in [1.29, 1.82) is 0 Å². The Morgan fingerprint density at radius 1 is 1.13 bits per heavy atom. The fraction of sp³-hybridized carbons (Fsp3) is 0.419. The Labute approximate surface area is 281 Å². The average molecular weight is 701 g/mol. The second kappa shape index (κ2) is 15.5. The number of piperidine rings is 1. The second-order valence-electron chi connectivity index (χ2n) is 11.0. The molecule has 1 unspecified atom stereocenters. The molecular weight excluding hydrogens is 666 g/mol. The first kappa shape index (κ1) is 35.5. The van der Waals surface area contributed by atoms with Gasteiger partial charge in [0, 0.05) is 42.9 Å². The number of halogens is 6. The van der Waals surface area contributed by atoms with Crippen molar-refractivity contribution in [3.63, 3.8) is 0 Å². The van der Waals surface area contributed by atoms with Gasteiger partial charge in [0.25, 0.3) is 5.78 Å². The van der Waals surface area contributed by atoms with Crippen LogP contribution in [0.4, 0.5) is 30.6 Å². The minimum atomic E-state index is -5.03. The third kappa shape index (κ3) is 8.52. The number of rotatable bonds is 12. The molecule has 1 fully saturated rings. The molecule has 9 nitrogen and oxygen atoms in total. The number of ketones is 1.